The van der Waals surface area contributed by atoms with Crippen LogP contribution in [0.5, 0.6) is 0 Å². The molecule has 0 unspecified atom stereocenters. The minimum atomic E-state index is -3.59. The van der Waals surface area contributed by atoms with Crippen LogP contribution in [0, 0.1) is 0 Å². The van der Waals surface area contributed by atoms with Crippen LogP contribution in [0.25, 0.3) is 0 Å². The molecule has 4 rings (SSSR count). The molecule has 1 aliphatic carbocycles. The maximum Gasteiger partial charge on any atom is 0.206 e. The fourth-order valence-corrected chi connectivity index (χ4v) is 4.58. The van der Waals surface area contributed by atoms with Crippen LogP contribution >= 0.6 is 0 Å². The molecule has 0 radical (unpaired) electrons. The summed E-state index contributed by atoms with van der Waals surface area (Å²) in [6.07, 6.45) is 4.38. The van der Waals surface area contributed by atoms with Gasteiger partial charge >= 0.3 is 0 Å². The van der Waals surface area contributed by atoms with Crippen LogP contribution in [0.1, 0.15) is 38.3 Å². The number of anilines is 2. The molecule has 1 saturated carbocycles. The molecule has 1 saturated heterocycles. The zero-order valence-electron chi connectivity index (χ0n) is 14.4. The molecule has 1 aliphatic heterocycles. The third kappa shape index (κ3) is 2.99. The summed E-state index contributed by atoms with van der Waals surface area (Å²) in [6.45, 7) is 4.03. The first-order valence-electron chi connectivity index (χ1n) is 8.77. The summed E-state index contributed by atoms with van der Waals surface area (Å²) in [5.74, 6) is 0.789. The minimum absolute atomic E-state index is 0.0150. The van der Waals surface area contributed by atoms with Crippen molar-refractivity contribution in [2.45, 2.75) is 47.8 Å². The van der Waals surface area contributed by atoms with E-state index < -0.39 is 9.84 Å². The van der Waals surface area contributed by atoms with Gasteiger partial charge in [-0.15, -0.1) is 0 Å². The molecule has 132 valence electrons. The number of sulfone groups is 1. The number of rotatable bonds is 4. The molecule has 1 aromatic carbocycles. The number of benzene rings is 1. The molecule has 2 heterocycles. The molecule has 2 aromatic rings. The van der Waals surface area contributed by atoms with E-state index in [-0.39, 0.29) is 10.3 Å². The molecule has 6 heteroatoms. The fraction of sp³-hybridized carbons (Fsp3) is 0.421. The largest absolute Gasteiger partial charge is 0.399 e. The number of pyridine rings is 1. The van der Waals surface area contributed by atoms with Crippen LogP contribution in [-0.4, -0.2) is 26.5 Å². The second kappa shape index (κ2) is 5.73. The molecule has 0 atom stereocenters. The van der Waals surface area contributed by atoms with E-state index in [9.17, 15) is 8.42 Å². The summed E-state index contributed by atoms with van der Waals surface area (Å²) >= 11 is 0. The lowest BCUT2D eigenvalue weighted by Crippen LogP contribution is -2.21. The van der Waals surface area contributed by atoms with Crippen LogP contribution < -0.4 is 10.6 Å². The Labute approximate surface area is 148 Å². The van der Waals surface area contributed by atoms with Gasteiger partial charge in [-0.05, 0) is 62.1 Å². The zero-order chi connectivity index (χ0) is 17.7. The molecule has 2 fully saturated rings. The summed E-state index contributed by atoms with van der Waals surface area (Å²) in [5.41, 5.74) is 7.16. The molecule has 0 bridgehead atoms. The molecular weight excluding hydrogens is 334 g/mol. The average molecular weight is 357 g/mol. The van der Waals surface area contributed by atoms with Gasteiger partial charge in [0.1, 0.15) is 5.82 Å². The van der Waals surface area contributed by atoms with E-state index in [4.69, 9.17) is 10.7 Å². The quantitative estimate of drug-likeness (QED) is 0.851. The predicted octanol–water partition coefficient (Wildman–Crippen LogP) is 3.15. The van der Waals surface area contributed by atoms with Gasteiger partial charge in [0, 0.05) is 24.2 Å². The molecule has 0 amide bonds. The summed E-state index contributed by atoms with van der Waals surface area (Å²) in [4.78, 5) is 7.61. The van der Waals surface area contributed by atoms with E-state index in [1.165, 1.54) is 0 Å². The highest BCUT2D eigenvalue weighted by molar-refractivity contribution is 7.91. The van der Waals surface area contributed by atoms with E-state index in [1.807, 2.05) is 0 Å². The standard InChI is InChI=1S/C19H23N3O2S/c1-19(8-9-19)17-12-16(13-18(21-17)22-10-2-3-11-22)25(23,24)15-6-4-14(20)5-7-15/h4-7,12-13H,2-3,8-11,20H2,1H3. The Kier molecular flexibility index (Phi) is 3.76. The lowest BCUT2D eigenvalue weighted by Gasteiger charge is -2.20. The highest BCUT2D eigenvalue weighted by Crippen LogP contribution is 2.48. The minimum Gasteiger partial charge on any atom is -0.399 e. The van der Waals surface area contributed by atoms with Crippen molar-refractivity contribution in [1.82, 2.24) is 4.98 Å². The van der Waals surface area contributed by atoms with Crippen LogP contribution in [0.3, 0.4) is 0 Å². The smallest absolute Gasteiger partial charge is 0.206 e. The zero-order valence-corrected chi connectivity index (χ0v) is 15.2. The second-order valence-corrected chi connectivity index (χ2v) is 9.32. The summed E-state index contributed by atoms with van der Waals surface area (Å²) in [6, 6.07) is 9.87. The van der Waals surface area contributed by atoms with Gasteiger partial charge in [-0.1, -0.05) is 6.92 Å². The van der Waals surface area contributed by atoms with Gasteiger partial charge in [-0.3, -0.25) is 0 Å². The third-order valence-corrected chi connectivity index (χ3v) is 7.08. The van der Waals surface area contributed by atoms with E-state index in [0.29, 0.717) is 10.6 Å². The van der Waals surface area contributed by atoms with Crippen LogP contribution in [-0.2, 0) is 15.3 Å². The Bertz CT molecular complexity index is 897. The molecule has 1 aromatic heterocycles. The molecular formula is C19H23N3O2S. The number of aromatic nitrogens is 1. The number of nitrogens with two attached hydrogens (primary N) is 1. The van der Waals surface area contributed by atoms with Gasteiger partial charge in [-0.25, -0.2) is 13.4 Å². The van der Waals surface area contributed by atoms with Crippen LogP contribution in [0.4, 0.5) is 11.5 Å². The predicted molar refractivity (Wildman–Crippen MR) is 98.6 cm³/mol. The van der Waals surface area contributed by atoms with E-state index in [2.05, 4.69) is 11.8 Å². The third-order valence-electron chi connectivity index (χ3n) is 5.33. The highest BCUT2D eigenvalue weighted by Gasteiger charge is 2.41. The maximum absolute atomic E-state index is 13.1. The normalized spacial score (nSPS) is 19.2. The van der Waals surface area contributed by atoms with Crippen molar-refractivity contribution in [3.8, 4) is 0 Å². The Morgan fingerprint density at radius 3 is 2.28 bits per heavy atom. The molecule has 2 aliphatic rings. The van der Waals surface area contributed by atoms with E-state index >= 15 is 0 Å². The molecule has 2 N–H and O–H groups in total. The van der Waals surface area contributed by atoms with Crippen molar-refractivity contribution < 1.29 is 8.42 Å². The van der Waals surface area contributed by atoms with Crippen molar-refractivity contribution in [3.05, 3.63) is 42.1 Å². The first-order valence-corrected chi connectivity index (χ1v) is 10.2. The summed E-state index contributed by atoms with van der Waals surface area (Å²) in [7, 11) is -3.59. The first kappa shape index (κ1) is 16.4. The number of hydrogen-bond donors (Lipinski definition) is 1. The molecule has 0 spiro atoms. The van der Waals surface area contributed by atoms with E-state index in [0.717, 1.165) is 50.3 Å². The van der Waals surface area contributed by atoms with Gasteiger partial charge in [0.15, 0.2) is 0 Å². The Hall–Kier alpha value is -2.08. The average Bonchev–Trinajstić information content (AvgIpc) is 3.12. The van der Waals surface area contributed by atoms with Crippen molar-refractivity contribution in [3.63, 3.8) is 0 Å². The SMILES string of the molecule is CC1(c2cc(S(=O)(=O)c3ccc(N)cc3)cc(N3CCCC3)n2)CC1. The monoisotopic (exact) mass is 357 g/mol. The maximum atomic E-state index is 13.1. The summed E-state index contributed by atoms with van der Waals surface area (Å²) in [5, 5.41) is 0. The lowest BCUT2D eigenvalue weighted by molar-refractivity contribution is 0.595. The molecule has 25 heavy (non-hydrogen) atoms. The number of nitrogens with zero attached hydrogens (tertiary/aromatic N) is 2. The van der Waals surface area contributed by atoms with Gasteiger partial charge in [-0.2, -0.15) is 0 Å². The van der Waals surface area contributed by atoms with E-state index in [1.54, 1.807) is 36.4 Å². The summed E-state index contributed by atoms with van der Waals surface area (Å²) < 4.78 is 26.2. The van der Waals surface area contributed by atoms with Gasteiger partial charge in [0.05, 0.1) is 15.5 Å². The van der Waals surface area contributed by atoms with Crippen molar-refractivity contribution in [1.29, 1.82) is 0 Å². The topological polar surface area (TPSA) is 76.3 Å². The fourth-order valence-electron chi connectivity index (χ4n) is 3.29. The highest BCUT2D eigenvalue weighted by atomic mass is 32.2. The van der Waals surface area contributed by atoms with Crippen LogP contribution in [0.15, 0.2) is 46.2 Å². The number of nitrogen functional groups attached to an aromatic ring is 1. The van der Waals surface area contributed by atoms with Crippen molar-refractivity contribution in [2.75, 3.05) is 23.7 Å². The Balaban J connectivity index is 1.82. The first-order chi connectivity index (χ1) is 11.9. The van der Waals surface area contributed by atoms with Crippen molar-refractivity contribution >= 4 is 21.3 Å². The van der Waals surface area contributed by atoms with Gasteiger partial charge < -0.3 is 10.6 Å². The lowest BCUT2D eigenvalue weighted by atomic mass is 10.1. The van der Waals surface area contributed by atoms with Crippen molar-refractivity contribution in [2.24, 2.45) is 0 Å². The Morgan fingerprint density at radius 2 is 1.68 bits per heavy atom. The van der Waals surface area contributed by atoms with Crippen LogP contribution in [0.2, 0.25) is 0 Å². The Morgan fingerprint density at radius 1 is 1.04 bits per heavy atom. The van der Waals surface area contributed by atoms with Gasteiger partial charge in [0.2, 0.25) is 9.84 Å². The molecule has 5 nitrogen and oxygen atoms in total. The van der Waals surface area contributed by atoms with Gasteiger partial charge in [0.25, 0.3) is 0 Å². The second-order valence-electron chi connectivity index (χ2n) is 7.37. The number of hydrogen-bond acceptors (Lipinski definition) is 5.